The number of piperidine rings is 1. The fourth-order valence-electron chi connectivity index (χ4n) is 4.43. The van der Waals surface area contributed by atoms with Crippen LogP contribution in [0.25, 0.3) is 0 Å². The van der Waals surface area contributed by atoms with Crippen molar-refractivity contribution in [1.29, 1.82) is 0 Å². The van der Waals surface area contributed by atoms with Crippen molar-refractivity contribution >= 4 is 5.95 Å². The van der Waals surface area contributed by atoms with E-state index in [-0.39, 0.29) is 13.0 Å². The zero-order valence-corrected chi connectivity index (χ0v) is 14.1. The van der Waals surface area contributed by atoms with Crippen molar-refractivity contribution in [2.24, 2.45) is 5.41 Å². The fourth-order valence-corrected chi connectivity index (χ4v) is 4.43. The van der Waals surface area contributed by atoms with Gasteiger partial charge in [-0.1, -0.05) is 0 Å². The van der Waals surface area contributed by atoms with Crippen LogP contribution in [0.3, 0.4) is 0 Å². The third-order valence-electron chi connectivity index (χ3n) is 5.95. The zero-order valence-electron chi connectivity index (χ0n) is 14.1. The van der Waals surface area contributed by atoms with Crippen LogP contribution < -0.4 is 4.90 Å². The van der Waals surface area contributed by atoms with Crippen molar-refractivity contribution in [1.82, 2.24) is 14.9 Å². The standard InChI is InChI=1S/C17H23F3N4O/c18-13-9-21-15(22-10-13)24-5-3-16(12-24)11-23(6-4-17(16,19)20)14-1-7-25-8-2-14/h9-10,14H,1-8,11-12H2/t16-/m1/s1. The number of anilines is 1. The second kappa shape index (κ2) is 6.39. The van der Waals surface area contributed by atoms with E-state index in [1.807, 2.05) is 0 Å². The Morgan fingerprint density at radius 2 is 1.76 bits per heavy atom. The maximum Gasteiger partial charge on any atom is 0.257 e. The van der Waals surface area contributed by atoms with Gasteiger partial charge in [-0.15, -0.1) is 0 Å². The monoisotopic (exact) mass is 356 g/mol. The minimum Gasteiger partial charge on any atom is -0.381 e. The van der Waals surface area contributed by atoms with Crippen molar-refractivity contribution in [3.05, 3.63) is 18.2 Å². The molecule has 0 N–H and O–H groups in total. The van der Waals surface area contributed by atoms with Crippen LogP contribution >= 0.6 is 0 Å². The number of hydrogen-bond acceptors (Lipinski definition) is 5. The summed E-state index contributed by atoms with van der Waals surface area (Å²) in [5.41, 5.74) is -1.08. The SMILES string of the molecule is Fc1cnc(N2CC[C@]3(C2)CN(C2CCOCC2)CCC3(F)F)nc1. The van der Waals surface area contributed by atoms with Crippen LogP contribution in [0.15, 0.2) is 12.4 Å². The largest absolute Gasteiger partial charge is 0.381 e. The first-order valence-electron chi connectivity index (χ1n) is 8.91. The number of likely N-dealkylation sites (tertiary alicyclic amines) is 1. The molecule has 138 valence electrons. The Hall–Kier alpha value is -1.41. The van der Waals surface area contributed by atoms with Gasteiger partial charge in [-0.2, -0.15) is 0 Å². The van der Waals surface area contributed by atoms with E-state index in [0.717, 1.165) is 25.2 Å². The topological polar surface area (TPSA) is 41.5 Å². The minimum atomic E-state index is -2.70. The highest BCUT2D eigenvalue weighted by atomic mass is 19.3. The van der Waals surface area contributed by atoms with Crippen molar-refractivity contribution in [3.63, 3.8) is 0 Å². The van der Waals surface area contributed by atoms with Gasteiger partial charge in [-0.25, -0.2) is 23.1 Å². The highest BCUT2D eigenvalue weighted by Gasteiger charge is 2.60. The molecule has 0 aliphatic carbocycles. The Bertz CT molecular complexity index is 608. The second-order valence-corrected chi connectivity index (χ2v) is 7.42. The minimum absolute atomic E-state index is 0.109. The summed E-state index contributed by atoms with van der Waals surface area (Å²) in [5, 5.41) is 0. The molecule has 3 aliphatic rings. The van der Waals surface area contributed by atoms with Gasteiger partial charge in [-0.05, 0) is 19.3 Å². The molecule has 3 saturated heterocycles. The van der Waals surface area contributed by atoms with E-state index < -0.39 is 17.2 Å². The van der Waals surface area contributed by atoms with Crippen molar-refractivity contribution < 1.29 is 17.9 Å². The van der Waals surface area contributed by atoms with Crippen LogP contribution in [-0.2, 0) is 4.74 Å². The van der Waals surface area contributed by atoms with E-state index in [2.05, 4.69) is 14.9 Å². The molecular formula is C17H23F3N4O. The quantitative estimate of drug-likeness (QED) is 0.814. The molecule has 1 spiro atoms. The smallest absolute Gasteiger partial charge is 0.257 e. The third kappa shape index (κ3) is 3.10. The van der Waals surface area contributed by atoms with Gasteiger partial charge in [0.25, 0.3) is 5.92 Å². The van der Waals surface area contributed by atoms with E-state index in [9.17, 15) is 13.2 Å². The third-order valence-corrected chi connectivity index (χ3v) is 5.95. The highest BCUT2D eigenvalue weighted by Crippen LogP contribution is 2.50. The van der Waals surface area contributed by atoms with Gasteiger partial charge in [0.2, 0.25) is 5.95 Å². The molecule has 0 amide bonds. The van der Waals surface area contributed by atoms with Crippen LogP contribution in [0, 0.1) is 11.2 Å². The summed E-state index contributed by atoms with van der Waals surface area (Å²) < 4.78 is 48.2. The Morgan fingerprint density at radius 3 is 2.48 bits per heavy atom. The summed E-state index contributed by atoms with van der Waals surface area (Å²) in [6.45, 7) is 2.93. The van der Waals surface area contributed by atoms with Crippen LogP contribution in [0.5, 0.6) is 0 Å². The molecule has 4 heterocycles. The lowest BCUT2D eigenvalue weighted by molar-refractivity contribution is -0.167. The number of rotatable bonds is 2. The Kier molecular flexibility index (Phi) is 4.35. The van der Waals surface area contributed by atoms with Gasteiger partial charge < -0.3 is 9.64 Å². The maximum atomic E-state index is 14.9. The number of ether oxygens (including phenoxy) is 1. The molecule has 1 aromatic heterocycles. The average molecular weight is 356 g/mol. The molecule has 0 saturated carbocycles. The predicted octanol–water partition coefficient (Wildman–Crippen LogP) is 2.33. The Balaban J connectivity index is 1.52. The van der Waals surface area contributed by atoms with E-state index in [0.29, 0.717) is 51.3 Å². The summed E-state index contributed by atoms with van der Waals surface area (Å²) >= 11 is 0. The number of halogens is 3. The average Bonchev–Trinajstić information content (AvgIpc) is 3.05. The first kappa shape index (κ1) is 17.0. The summed E-state index contributed by atoms with van der Waals surface area (Å²) in [7, 11) is 0. The number of nitrogens with zero attached hydrogens (tertiary/aromatic N) is 4. The van der Waals surface area contributed by atoms with Crippen LogP contribution in [-0.4, -0.2) is 66.2 Å². The molecule has 0 aromatic carbocycles. The summed E-state index contributed by atoms with van der Waals surface area (Å²) in [6, 6.07) is 0.331. The normalized spacial score (nSPS) is 30.9. The first-order chi connectivity index (χ1) is 12.0. The fraction of sp³-hybridized carbons (Fsp3) is 0.765. The molecule has 0 unspecified atom stereocenters. The van der Waals surface area contributed by atoms with Crippen LogP contribution in [0.1, 0.15) is 25.7 Å². The summed E-state index contributed by atoms with van der Waals surface area (Å²) in [5.74, 6) is -2.90. The molecule has 4 rings (SSSR count). The molecule has 3 fully saturated rings. The van der Waals surface area contributed by atoms with Crippen LogP contribution in [0.2, 0.25) is 0 Å². The van der Waals surface area contributed by atoms with E-state index in [1.165, 1.54) is 0 Å². The lowest BCUT2D eigenvalue weighted by Gasteiger charge is -2.49. The second-order valence-electron chi connectivity index (χ2n) is 7.42. The van der Waals surface area contributed by atoms with Gasteiger partial charge in [0.05, 0.1) is 17.8 Å². The summed E-state index contributed by atoms with van der Waals surface area (Å²) in [4.78, 5) is 11.9. The van der Waals surface area contributed by atoms with Gasteiger partial charge in [0.15, 0.2) is 5.82 Å². The van der Waals surface area contributed by atoms with Gasteiger partial charge in [0, 0.05) is 51.9 Å². The lowest BCUT2D eigenvalue weighted by Crippen LogP contribution is -2.59. The Morgan fingerprint density at radius 1 is 1.04 bits per heavy atom. The van der Waals surface area contributed by atoms with Gasteiger partial charge in [-0.3, -0.25) is 4.90 Å². The maximum absolute atomic E-state index is 14.9. The lowest BCUT2D eigenvalue weighted by atomic mass is 9.75. The molecular weight excluding hydrogens is 333 g/mol. The highest BCUT2D eigenvalue weighted by molar-refractivity contribution is 5.33. The van der Waals surface area contributed by atoms with Crippen LogP contribution in [0.4, 0.5) is 19.1 Å². The molecule has 8 heteroatoms. The van der Waals surface area contributed by atoms with E-state index in [4.69, 9.17) is 4.74 Å². The van der Waals surface area contributed by atoms with Crippen molar-refractivity contribution in [2.45, 2.75) is 37.6 Å². The zero-order chi connectivity index (χ0) is 17.5. The number of alkyl halides is 2. The molecule has 5 nitrogen and oxygen atoms in total. The van der Waals surface area contributed by atoms with Crippen molar-refractivity contribution in [3.8, 4) is 0 Å². The molecule has 0 bridgehead atoms. The molecule has 3 aliphatic heterocycles. The van der Waals surface area contributed by atoms with Gasteiger partial charge in [0.1, 0.15) is 0 Å². The number of aromatic nitrogens is 2. The molecule has 0 radical (unpaired) electrons. The van der Waals surface area contributed by atoms with Gasteiger partial charge >= 0.3 is 0 Å². The van der Waals surface area contributed by atoms with Crippen molar-refractivity contribution in [2.75, 3.05) is 44.3 Å². The molecule has 1 aromatic rings. The Labute approximate surface area is 145 Å². The molecule has 25 heavy (non-hydrogen) atoms. The summed E-state index contributed by atoms with van der Waals surface area (Å²) in [6.07, 6.45) is 4.28. The van der Waals surface area contributed by atoms with E-state index >= 15 is 0 Å². The first-order valence-corrected chi connectivity index (χ1v) is 8.91. The predicted molar refractivity (Wildman–Crippen MR) is 86.2 cm³/mol. The van der Waals surface area contributed by atoms with E-state index in [1.54, 1.807) is 4.90 Å². The number of hydrogen-bond donors (Lipinski definition) is 0. The molecule has 1 atom stereocenters.